The number of aliphatic imine (C=N–C) groups is 2. The van der Waals surface area contributed by atoms with E-state index in [9.17, 15) is 9.59 Å². The first kappa shape index (κ1) is 53.5. The number of ether oxygens (including phenoxy) is 4. The van der Waals surface area contributed by atoms with Crippen LogP contribution in [0.2, 0.25) is 5.15 Å². The second kappa shape index (κ2) is 27.5. The molecule has 8 N–H and O–H groups in total. The fraction of sp³-hybridized carbons (Fsp3) is 0.225. The van der Waals surface area contributed by atoms with Crippen LogP contribution in [0.5, 0.6) is 17.2 Å². The van der Waals surface area contributed by atoms with Crippen molar-refractivity contribution in [1.29, 1.82) is 0 Å². The SMILES string of the molecule is CC(N)=S.CC1=NCC=N1.COC(=O)C(=O)Cl.COc1cnc(-n2cnc(C)n2)c2[nH]ccc12.COc1cnc(-n2ncnc2C)c2[nH]ccc12.COc1cnc(Cl)c2[nH]ccc12.NNC=O. The number of aromatic amines is 3. The number of aromatic nitrogens is 12. The number of nitrogens with zero attached hydrogens (tertiary/aromatic N) is 11. The van der Waals surface area contributed by atoms with E-state index in [2.05, 4.69) is 94.5 Å². The molecular weight excluding hydrogens is 934 g/mol. The van der Waals surface area contributed by atoms with E-state index in [1.165, 1.54) is 6.33 Å². The first-order chi connectivity index (χ1) is 32.1. The number of nitrogens with one attached hydrogen (secondary N) is 4. The van der Waals surface area contributed by atoms with Crippen molar-refractivity contribution >= 4 is 103 Å². The molecule has 0 atom stereocenters. The molecule has 0 fully saturated rings. The van der Waals surface area contributed by atoms with Crippen molar-refractivity contribution < 1.29 is 33.3 Å². The Kier molecular flexibility index (Phi) is 21.9. The summed E-state index contributed by atoms with van der Waals surface area (Å²) in [6, 6.07) is 5.80. The number of rotatable bonds is 7. The van der Waals surface area contributed by atoms with Crippen LogP contribution in [0.3, 0.4) is 0 Å². The number of amides is 1. The van der Waals surface area contributed by atoms with Gasteiger partial charge >= 0.3 is 11.2 Å². The lowest BCUT2D eigenvalue weighted by atomic mass is 10.3. The Morgan fingerprint density at radius 2 is 1.31 bits per heavy atom. The minimum atomic E-state index is -1.09. The molecule has 0 bridgehead atoms. The van der Waals surface area contributed by atoms with Gasteiger partial charge in [-0.2, -0.15) is 14.9 Å². The minimum absolute atomic E-state index is 0.403. The molecule has 0 aliphatic carbocycles. The van der Waals surface area contributed by atoms with Crippen LogP contribution in [-0.4, -0.2) is 129 Å². The number of hydrazine groups is 1. The zero-order valence-corrected chi connectivity index (χ0v) is 39.6. The van der Waals surface area contributed by atoms with E-state index in [0.29, 0.717) is 28.2 Å². The zero-order valence-electron chi connectivity index (χ0n) is 37.3. The number of methoxy groups -OCH3 is 4. The third-order valence-electron chi connectivity index (χ3n) is 8.09. The molecule has 0 radical (unpaired) electrons. The number of hydrogen-bond acceptors (Lipinski definition) is 18. The van der Waals surface area contributed by atoms with E-state index in [1.54, 1.807) is 80.4 Å². The van der Waals surface area contributed by atoms with Gasteiger partial charge in [0.2, 0.25) is 6.41 Å². The summed E-state index contributed by atoms with van der Waals surface area (Å²) in [6.07, 6.45) is 15.8. The van der Waals surface area contributed by atoms with Gasteiger partial charge in [-0.15, -0.1) is 0 Å². The fourth-order valence-electron chi connectivity index (χ4n) is 5.27. The summed E-state index contributed by atoms with van der Waals surface area (Å²) in [5.74, 6) is 9.43. The van der Waals surface area contributed by atoms with Gasteiger partial charge in [0.15, 0.2) is 16.8 Å². The number of carbonyl (C=O) groups excluding carboxylic acids is 3. The van der Waals surface area contributed by atoms with Crippen molar-refractivity contribution in [3.8, 4) is 28.9 Å². The van der Waals surface area contributed by atoms with Gasteiger partial charge in [-0.1, -0.05) is 23.8 Å². The van der Waals surface area contributed by atoms with E-state index in [0.717, 1.165) is 81.1 Å². The number of esters is 1. The standard InChI is InChI=1S/2C11H11N5O.C8H7ClN2O.C4H6N2.C3H3ClO3.C2H5NS.CH4N2O/c1-7-14-6-16(15-7)11-10-8(3-4-12-10)9(17-2)5-13-11;1-7-14-6-15-16(7)11-10-8(3-4-12-10)9(17-2)5-13-11;1-12-6-4-11-8(9)7-5(6)2-3-10-7;1-4-5-2-3-6-4;1-7-3(6)2(4)5;1-2(3)4;2-3-1-4/h2*3-6,12H,1-2H3;2-4,10H,1H3;2H,3H2,1H3;1H3;1H3,(H2,3,4);1H,2H2,(H,3,4). The highest BCUT2D eigenvalue weighted by atomic mass is 35.5. The molecule has 0 unspecified atom stereocenters. The number of halogens is 2. The smallest absolute Gasteiger partial charge is 0.391 e. The van der Waals surface area contributed by atoms with Gasteiger partial charge in [-0.05, 0) is 57.5 Å². The van der Waals surface area contributed by atoms with Gasteiger partial charge in [0.05, 0.1) is 75.1 Å². The lowest BCUT2D eigenvalue weighted by molar-refractivity contribution is -0.148. The first-order valence-corrected chi connectivity index (χ1v) is 20.2. The highest BCUT2D eigenvalue weighted by Gasteiger charge is 2.14. The maximum absolute atomic E-state index is 9.81. The van der Waals surface area contributed by atoms with Gasteiger partial charge in [-0.3, -0.25) is 20.0 Å². The Labute approximate surface area is 397 Å². The summed E-state index contributed by atoms with van der Waals surface area (Å²) in [5.41, 5.74) is 9.18. The molecule has 354 valence electrons. The van der Waals surface area contributed by atoms with Crippen LogP contribution in [0.1, 0.15) is 25.5 Å². The molecule has 9 rings (SSSR count). The van der Waals surface area contributed by atoms with Crippen molar-refractivity contribution in [3.05, 3.63) is 84.8 Å². The van der Waals surface area contributed by atoms with Crippen LogP contribution in [0, 0.1) is 13.8 Å². The Hall–Kier alpha value is -7.87. The predicted octanol–water partition coefficient (Wildman–Crippen LogP) is 4.46. The van der Waals surface area contributed by atoms with E-state index in [1.807, 2.05) is 51.4 Å². The summed E-state index contributed by atoms with van der Waals surface area (Å²) in [4.78, 5) is 66.8. The zero-order chi connectivity index (χ0) is 49.5. The third kappa shape index (κ3) is 15.7. The maximum Gasteiger partial charge on any atom is 0.391 e. The predicted molar refractivity (Wildman–Crippen MR) is 257 cm³/mol. The molecule has 1 aliphatic rings. The summed E-state index contributed by atoms with van der Waals surface area (Å²) in [7, 11) is 5.95. The van der Waals surface area contributed by atoms with Crippen LogP contribution in [-0.2, 0) is 19.1 Å². The summed E-state index contributed by atoms with van der Waals surface area (Å²) in [6.45, 7) is 8.07. The summed E-state index contributed by atoms with van der Waals surface area (Å²) in [5, 5.41) is 10.7. The largest absolute Gasteiger partial charge is 0.494 e. The normalized spacial score (nSPS) is 10.6. The van der Waals surface area contributed by atoms with Crippen molar-refractivity contribution in [1.82, 2.24) is 64.9 Å². The molecular formula is C40H47Cl2N17O7S. The first-order valence-electron chi connectivity index (χ1n) is 19.0. The average molecular weight is 981 g/mol. The Bertz CT molecular complexity index is 2920. The number of H-pyrrole nitrogens is 3. The van der Waals surface area contributed by atoms with Crippen molar-refractivity contribution in [2.75, 3.05) is 35.0 Å². The molecule has 9 heterocycles. The van der Waals surface area contributed by atoms with E-state index in [-0.39, 0.29) is 0 Å². The average Bonchev–Trinajstić information content (AvgIpc) is 4.19. The van der Waals surface area contributed by atoms with E-state index >= 15 is 0 Å². The molecule has 1 aliphatic heterocycles. The van der Waals surface area contributed by atoms with Gasteiger partial charge in [0.1, 0.15) is 47.4 Å². The number of amidine groups is 1. The number of fused-ring (bicyclic) bond motifs is 3. The molecule has 0 saturated carbocycles. The second-order valence-corrected chi connectivity index (χ2v) is 13.9. The van der Waals surface area contributed by atoms with Crippen LogP contribution in [0.25, 0.3) is 44.3 Å². The fourth-order valence-corrected chi connectivity index (χ4v) is 5.55. The van der Waals surface area contributed by atoms with Gasteiger partial charge in [0.25, 0.3) is 0 Å². The quantitative estimate of drug-likeness (QED) is 0.0148. The maximum atomic E-state index is 9.81. The second-order valence-electron chi connectivity index (χ2n) is 12.5. The van der Waals surface area contributed by atoms with Crippen LogP contribution in [0.4, 0.5) is 0 Å². The number of thiocarbonyl (C=S) groups is 1. The minimum Gasteiger partial charge on any atom is -0.494 e. The van der Waals surface area contributed by atoms with Crippen molar-refractivity contribution in [2.45, 2.75) is 27.7 Å². The van der Waals surface area contributed by atoms with Crippen LogP contribution < -0.4 is 31.2 Å². The lowest BCUT2D eigenvalue weighted by Gasteiger charge is -2.06. The van der Waals surface area contributed by atoms with E-state index < -0.39 is 11.2 Å². The number of pyridine rings is 3. The monoisotopic (exact) mass is 979 g/mol. The van der Waals surface area contributed by atoms with Crippen LogP contribution in [0.15, 0.2) is 78.0 Å². The van der Waals surface area contributed by atoms with Crippen LogP contribution >= 0.6 is 35.4 Å². The van der Waals surface area contributed by atoms with Gasteiger partial charge in [-0.25, -0.2) is 45.2 Å². The summed E-state index contributed by atoms with van der Waals surface area (Å²) < 4.78 is 22.8. The Morgan fingerprint density at radius 1 is 0.821 bits per heavy atom. The lowest BCUT2D eigenvalue weighted by Crippen LogP contribution is -2.18. The number of aryl methyl sites for hydroxylation is 2. The number of hydrogen-bond donors (Lipinski definition) is 6. The van der Waals surface area contributed by atoms with Crippen molar-refractivity contribution in [3.63, 3.8) is 0 Å². The molecule has 0 saturated heterocycles. The molecule has 27 heteroatoms. The molecule has 0 aromatic carbocycles. The molecule has 1 amide bonds. The third-order valence-corrected chi connectivity index (χ3v) is 8.53. The Morgan fingerprint density at radius 3 is 1.69 bits per heavy atom. The Balaban J connectivity index is 0.000000223. The van der Waals surface area contributed by atoms with E-state index in [4.69, 9.17) is 36.3 Å². The molecule has 24 nitrogen and oxygen atoms in total. The molecule has 0 spiro atoms. The van der Waals surface area contributed by atoms with Crippen molar-refractivity contribution in [2.24, 2.45) is 21.6 Å². The summed E-state index contributed by atoms with van der Waals surface area (Å²) >= 11 is 14.8. The highest BCUT2D eigenvalue weighted by Crippen LogP contribution is 2.29. The van der Waals surface area contributed by atoms with Gasteiger partial charge < -0.3 is 39.6 Å². The van der Waals surface area contributed by atoms with Gasteiger partial charge in [0, 0.05) is 41.0 Å². The molecule has 8 aromatic rings. The highest BCUT2D eigenvalue weighted by molar-refractivity contribution is 7.80. The topological polar surface area (TPSA) is 324 Å². The molecule has 67 heavy (non-hydrogen) atoms. The number of carbonyl (C=O) groups is 3. The molecule has 8 aromatic heterocycles. The number of nitrogens with two attached hydrogens (primary N) is 2.